The molecule has 2 aromatic rings. The molecule has 0 atom stereocenters. The molecule has 2 heterocycles. The molecule has 0 saturated carbocycles. The first-order valence-corrected chi connectivity index (χ1v) is 10.1. The molecule has 4 rings (SSSR count). The largest absolute Gasteiger partial charge is 0.355 e. The van der Waals surface area contributed by atoms with Gasteiger partial charge in [-0.3, -0.25) is 4.79 Å². The van der Waals surface area contributed by atoms with Crippen LogP contribution in [0.25, 0.3) is 0 Å². The van der Waals surface area contributed by atoms with Crippen molar-refractivity contribution < 1.29 is 17.6 Å². The van der Waals surface area contributed by atoms with Crippen molar-refractivity contribution in [3.63, 3.8) is 0 Å². The van der Waals surface area contributed by atoms with Gasteiger partial charge in [-0.05, 0) is 37.1 Å². The quantitative estimate of drug-likeness (QED) is 0.859. The van der Waals surface area contributed by atoms with Crippen LogP contribution in [-0.4, -0.2) is 38.2 Å². The highest BCUT2D eigenvalue weighted by Crippen LogP contribution is 2.30. The van der Waals surface area contributed by atoms with Crippen molar-refractivity contribution in [3.8, 4) is 0 Å². The van der Waals surface area contributed by atoms with E-state index in [9.17, 15) is 17.6 Å². The highest BCUT2D eigenvalue weighted by atomic mass is 32.2. The van der Waals surface area contributed by atoms with Crippen LogP contribution in [0.3, 0.4) is 0 Å². The van der Waals surface area contributed by atoms with E-state index in [4.69, 9.17) is 0 Å². The number of carbonyl (C=O) groups is 1. The van der Waals surface area contributed by atoms with Gasteiger partial charge in [0.15, 0.2) is 5.84 Å². The second-order valence-electron chi connectivity index (χ2n) is 6.62. The fourth-order valence-electron chi connectivity index (χ4n) is 3.47. The first-order chi connectivity index (χ1) is 13.0. The summed E-state index contributed by atoms with van der Waals surface area (Å²) in [6, 6.07) is 12.8. The van der Waals surface area contributed by atoms with Crippen LogP contribution in [0.4, 0.5) is 10.1 Å². The minimum Gasteiger partial charge on any atom is -0.355 e. The van der Waals surface area contributed by atoms with Gasteiger partial charge in [0.2, 0.25) is 5.91 Å². The van der Waals surface area contributed by atoms with Gasteiger partial charge in [-0.2, -0.15) is 8.42 Å². The summed E-state index contributed by atoms with van der Waals surface area (Å²) in [6.07, 6.45) is 1.09. The highest BCUT2D eigenvalue weighted by Gasteiger charge is 2.34. The summed E-state index contributed by atoms with van der Waals surface area (Å²) in [4.78, 5) is 14.5. The number of likely N-dealkylation sites (tertiary alicyclic amines) is 1. The molecule has 2 aliphatic heterocycles. The van der Waals surface area contributed by atoms with Crippen molar-refractivity contribution in [2.45, 2.75) is 17.7 Å². The number of amidine groups is 1. The lowest BCUT2D eigenvalue weighted by molar-refractivity contribution is -0.121. The first kappa shape index (κ1) is 17.7. The van der Waals surface area contributed by atoms with Crippen molar-refractivity contribution in [3.05, 3.63) is 59.9 Å². The Balaban J connectivity index is 1.44. The van der Waals surface area contributed by atoms with Crippen molar-refractivity contribution >= 4 is 27.5 Å². The number of fused-ring (bicyclic) bond motifs is 1. The monoisotopic (exact) mass is 387 g/mol. The van der Waals surface area contributed by atoms with Gasteiger partial charge in [-0.1, -0.05) is 24.3 Å². The summed E-state index contributed by atoms with van der Waals surface area (Å²) in [6.45, 7) is 1.02. The van der Waals surface area contributed by atoms with Crippen LogP contribution in [0.5, 0.6) is 0 Å². The number of hydrogen-bond donors (Lipinski definition) is 1. The smallest absolute Gasteiger partial charge is 0.285 e. The third-order valence-corrected chi connectivity index (χ3v) is 6.23. The second-order valence-corrected chi connectivity index (χ2v) is 8.19. The lowest BCUT2D eigenvalue weighted by Crippen LogP contribution is -2.41. The molecule has 0 unspecified atom stereocenters. The molecule has 1 N–H and O–H groups in total. The molecule has 0 aromatic heterocycles. The van der Waals surface area contributed by atoms with E-state index in [2.05, 4.69) is 9.71 Å². The van der Waals surface area contributed by atoms with Crippen LogP contribution in [0, 0.1) is 11.7 Å². The Morgan fingerprint density at radius 1 is 1.07 bits per heavy atom. The lowest BCUT2D eigenvalue weighted by atomic mass is 9.95. The number of nitrogens with zero attached hydrogens (tertiary/aromatic N) is 2. The van der Waals surface area contributed by atoms with Crippen molar-refractivity contribution in [1.82, 2.24) is 4.90 Å². The number of amides is 1. The third-order valence-electron chi connectivity index (χ3n) is 4.91. The summed E-state index contributed by atoms with van der Waals surface area (Å²) < 4.78 is 42.0. The Morgan fingerprint density at radius 2 is 1.74 bits per heavy atom. The maximum absolute atomic E-state index is 13.7. The van der Waals surface area contributed by atoms with E-state index >= 15 is 0 Å². The van der Waals surface area contributed by atoms with E-state index < -0.39 is 15.8 Å². The van der Waals surface area contributed by atoms with Gasteiger partial charge in [0.25, 0.3) is 10.0 Å². The van der Waals surface area contributed by atoms with Crippen molar-refractivity contribution in [2.24, 2.45) is 10.3 Å². The van der Waals surface area contributed by atoms with Crippen LogP contribution >= 0.6 is 0 Å². The molecule has 0 radical (unpaired) electrons. The molecule has 6 nitrogen and oxygen atoms in total. The predicted octanol–water partition coefficient (Wildman–Crippen LogP) is 2.63. The van der Waals surface area contributed by atoms with E-state index in [0.29, 0.717) is 37.3 Å². The molecule has 140 valence electrons. The van der Waals surface area contributed by atoms with Crippen LogP contribution < -0.4 is 5.32 Å². The topological polar surface area (TPSA) is 78.8 Å². The number of halogens is 1. The maximum atomic E-state index is 13.7. The minimum atomic E-state index is -3.65. The van der Waals surface area contributed by atoms with E-state index in [1.54, 1.807) is 36.4 Å². The average molecular weight is 387 g/mol. The molecule has 2 aromatic carbocycles. The Hall–Kier alpha value is -2.74. The molecular weight excluding hydrogens is 369 g/mol. The molecule has 0 bridgehead atoms. The van der Waals surface area contributed by atoms with Gasteiger partial charge >= 0.3 is 0 Å². The zero-order valence-electron chi connectivity index (χ0n) is 14.4. The first-order valence-electron chi connectivity index (χ1n) is 8.70. The Morgan fingerprint density at radius 3 is 2.48 bits per heavy atom. The van der Waals surface area contributed by atoms with Gasteiger partial charge < -0.3 is 10.2 Å². The average Bonchev–Trinajstić information content (AvgIpc) is 2.95. The normalized spacial score (nSPS) is 18.7. The second kappa shape index (κ2) is 6.77. The van der Waals surface area contributed by atoms with Crippen molar-refractivity contribution in [1.29, 1.82) is 0 Å². The predicted molar refractivity (Wildman–Crippen MR) is 99.5 cm³/mol. The highest BCUT2D eigenvalue weighted by molar-refractivity contribution is 7.90. The summed E-state index contributed by atoms with van der Waals surface area (Å²) >= 11 is 0. The van der Waals surface area contributed by atoms with E-state index in [0.717, 1.165) is 0 Å². The van der Waals surface area contributed by atoms with E-state index in [1.165, 1.54) is 12.1 Å². The zero-order chi connectivity index (χ0) is 19.0. The fourth-order valence-corrected chi connectivity index (χ4v) is 4.70. The Bertz CT molecular complexity index is 1030. The standard InChI is InChI=1S/C19H18FN3O3S/c20-15-6-2-3-7-16(15)21-19(24)13-9-11-23(12-10-13)18-14-5-1-4-8-17(14)27(25,26)22-18/h1-8,13H,9-12H2,(H,21,24). The van der Waals surface area contributed by atoms with Gasteiger partial charge in [0.1, 0.15) is 10.7 Å². The fraction of sp³-hybridized carbons (Fsp3) is 0.263. The van der Waals surface area contributed by atoms with Crippen LogP contribution in [0.15, 0.2) is 57.8 Å². The number of benzene rings is 2. The molecule has 27 heavy (non-hydrogen) atoms. The van der Waals surface area contributed by atoms with Crippen LogP contribution in [0.2, 0.25) is 0 Å². The van der Waals surface area contributed by atoms with E-state index in [-0.39, 0.29) is 22.4 Å². The third kappa shape index (κ3) is 3.32. The molecule has 0 spiro atoms. The minimum absolute atomic E-state index is 0.171. The van der Waals surface area contributed by atoms with Gasteiger partial charge in [-0.15, -0.1) is 4.40 Å². The van der Waals surface area contributed by atoms with Crippen LogP contribution in [0.1, 0.15) is 18.4 Å². The van der Waals surface area contributed by atoms with Crippen LogP contribution in [-0.2, 0) is 14.8 Å². The number of piperidine rings is 1. The summed E-state index contributed by atoms with van der Waals surface area (Å²) in [5.41, 5.74) is 0.775. The number of anilines is 1. The van der Waals surface area contributed by atoms with Gasteiger partial charge in [-0.25, -0.2) is 4.39 Å². The number of sulfonamides is 1. The van der Waals surface area contributed by atoms with Gasteiger partial charge in [0, 0.05) is 24.6 Å². The Labute approximate surface area is 156 Å². The molecular formula is C19H18FN3O3S. The van der Waals surface area contributed by atoms with Gasteiger partial charge in [0.05, 0.1) is 5.69 Å². The SMILES string of the molecule is O=C(Nc1ccccc1F)C1CCN(C2=NS(=O)(=O)c3ccccc32)CC1. The maximum Gasteiger partial charge on any atom is 0.285 e. The summed E-state index contributed by atoms with van der Waals surface area (Å²) in [5.74, 6) is -0.500. The lowest BCUT2D eigenvalue weighted by Gasteiger charge is -2.32. The molecule has 8 heteroatoms. The molecule has 2 aliphatic rings. The Kier molecular flexibility index (Phi) is 4.43. The zero-order valence-corrected chi connectivity index (χ0v) is 15.2. The number of nitrogens with one attached hydrogen (secondary N) is 1. The number of rotatable bonds is 2. The number of para-hydroxylation sites is 1. The summed E-state index contributed by atoms with van der Waals surface area (Å²) in [5, 5.41) is 2.63. The molecule has 1 amide bonds. The van der Waals surface area contributed by atoms with Crippen molar-refractivity contribution in [2.75, 3.05) is 18.4 Å². The number of hydrogen-bond acceptors (Lipinski definition) is 4. The molecule has 1 fully saturated rings. The molecule has 1 saturated heterocycles. The molecule has 0 aliphatic carbocycles. The summed E-state index contributed by atoms with van der Waals surface area (Å²) in [7, 11) is -3.65. The van der Waals surface area contributed by atoms with E-state index in [1.807, 2.05) is 4.90 Å². The number of carbonyl (C=O) groups excluding carboxylic acids is 1.